The first-order valence-electron chi connectivity index (χ1n) is 11.9. The second kappa shape index (κ2) is 9.69. The van der Waals surface area contributed by atoms with Gasteiger partial charge in [0.25, 0.3) is 11.5 Å². The summed E-state index contributed by atoms with van der Waals surface area (Å²) in [4.78, 5) is 48.6. The maximum Gasteiger partial charge on any atom is 0.278 e. The number of piperazine rings is 1. The molecule has 1 unspecified atom stereocenters. The van der Waals surface area contributed by atoms with E-state index < -0.39 is 0 Å². The number of anilines is 2. The number of benzene rings is 1. The fraction of sp³-hybridized carbons (Fsp3) is 0.346. The zero-order chi connectivity index (χ0) is 24.4. The van der Waals surface area contributed by atoms with E-state index in [1.54, 1.807) is 11.1 Å². The number of hydrogen-bond donors (Lipinski definition) is 0. The van der Waals surface area contributed by atoms with E-state index in [-0.39, 0.29) is 42.1 Å². The number of rotatable bonds is 5. The Kier molecular flexibility index (Phi) is 6.31. The second-order valence-corrected chi connectivity index (χ2v) is 8.94. The van der Waals surface area contributed by atoms with E-state index in [4.69, 9.17) is 0 Å². The molecule has 9 heteroatoms. The van der Waals surface area contributed by atoms with E-state index in [9.17, 15) is 14.4 Å². The molecule has 1 saturated heterocycles. The SMILES string of the molecule is CC1Cc2ccccc2N1C(=O)c1ccc(=O)n(CCC(=O)N2CCN(c3ccccn3)CC2)n1. The summed E-state index contributed by atoms with van der Waals surface area (Å²) in [5.41, 5.74) is 1.87. The van der Waals surface area contributed by atoms with Gasteiger partial charge >= 0.3 is 0 Å². The van der Waals surface area contributed by atoms with Crippen LogP contribution in [-0.4, -0.2) is 63.7 Å². The van der Waals surface area contributed by atoms with Crippen LogP contribution < -0.4 is 15.4 Å². The van der Waals surface area contributed by atoms with Crippen LogP contribution in [0.4, 0.5) is 11.5 Å². The lowest BCUT2D eigenvalue weighted by molar-refractivity contribution is -0.131. The van der Waals surface area contributed by atoms with Gasteiger partial charge in [0.1, 0.15) is 11.5 Å². The van der Waals surface area contributed by atoms with Gasteiger partial charge in [-0.25, -0.2) is 9.67 Å². The van der Waals surface area contributed by atoms with Gasteiger partial charge in [-0.05, 0) is 43.2 Å². The van der Waals surface area contributed by atoms with Crippen LogP contribution in [0, 0.1) is 0 Å². The monoisotopic (exact) mass is 472 g/mol. The number of carbonyl (C=O) groups excluding carboxylic acids is 2. The normalized spacial score (nSPS) is 17.4. The van der Waals surface area contributed by atoms with E-state index >= 15 is 0 Å². The first-order valence-corrected chi connectivity index (χ1v) is 11.9. The highest BCUT2D eigenvalue weighted by atomic mass is 16.2. The number of amides is 2. The van der Waals surface area contributed by atoms with E-state index in [2.05, 4.69) is 15.0 Å². The van der Waals surface area contributed by atoms with E-state index in [0.29, 0.717) is 26.2 Å². The standard InChI is InChI=1S/C26H28N6O3/c1-19-18-20-6-2-3-7-22(20)32(19)26(35)21-9-10-25(34)31(28-21)13-11-24(33)30-16-14-29(15-17-30)23-8-4-5-12-27-23/h2-10,12,19H,11,13-18H2,1H3. The molecule has 2 aliphatic rings. The summed E-state index contributed by atoms with van der Waals surface area (Å²) < 4.78 is 1.22. The average molecular weight is 473 g/mol. The number of aromatic nitrogens is 3. The molecule has 1 fully saturated rings. The highest BCUT2D eigenvalue weighted by molar-refractivity contribution is 6.06. The molecule has 3 aromatic rings. The molecule has 180 valence electrons. The minimum atomic E-state index is -0.329. The molecule has 2 aliphatic heterocycles. The maximum absolute atomic E-state index is 13.3. The first kappa shape index (κ1) is 22.8. The Morgan fingerprint density at radius 3 is 2.51 bits per heavy atom. The number of fused-ring (bicyclic) bond motifs is 1. The van der Waals surface area contributed by atoms with E-state index in [0.717, 1.165) is 23.5 Å². The molecule has 5 rings (SSSR count). The molecular formula is C26H28N6O3. The summed E-state index contributed by atoms with van der Waals surface area (Å²) in [7, 11) is 0. The van der Waals surface area contributed by atoms with Crippen molar-refractivity contribution in [3.63, 3.8) is 0 Å². The molecule has 0 saturated carbocycles. The summed E-state index contributed by atoms with van der Waals surface area (Å²) in [5.74, 6) is 0.637. The zero-order valence-electron chi connectivity index (χ0n) is 19.7. The van der Waals surface area contributed by atoms with Gasteiger partial charge in [-0.2, -0.15) is 5.10 Å². The van der Waals surface area contributed by atoms with Crippen LogP contribution in [0.2, 0.25) is 0 Å². The van der Waals surface area contributed by atoms with Crippen molar-refractivity contribution in [3.05, 3.63) is 82.4 Å². The number of carbonyl (C=O) groups is 2. The average Bonchev–Trinajstić information content (AvgIpc) is 3.23. The number of pyridine rings is 1. The van der Waals surface area contributed by atoms with Crippen molar-refractivity contribution in [1.82, 2.24) is 19.7 Å². The van der Waals surface area contributed by atoms with E-state index in [1.807, 2.05) is 54.3 Å². The predicted octanol–water partition coefficient (Wildman–Crippen LogP) is 1.97. The molecule has 0 N–H and O–H groups in total. The van der Waals surface area contributed by atoms with Gasteiger partial charge in [0.05, 0.1) is 6.54 Å². The third-order valence-corrected chi connectivity index (χ3v) is 6.65. The lowest BCUT2D eigenvalue weighted by Crippen LogP contribution is -2.49. The van der Waals surface area contributed by atoms with Crippen molar-refractivity contribution >= 4 is 23.3 Å². The predicted molar refractivity (Wildman–Crippen MR) is 133 cm³/mol. The summed E-state index contributed by atoms with van der Waals surface area (Å²) in [6.45, 7) is 4.75. The Bertz CT molecular complexity index is 1280. The summed E-state index contributed by atoms with van der Waals surface area (Å²) in [5, 5.41) is 4.32. The quantitative estimate of drug-likeness (QED) is 0.564. The van der Waals surface area contributed by atoms with Crippen LogP contribution in [0.15, 0.2) is 65.6 Å². The van der Waals surface area contributed by atoms with Gasteiger partial charge in [-0.1, -0.05) is 24.3 Å². The molecule has 1 aromatic carbocycles. The Morgan fingerprint density at radius 1 is 0.971 bits per heavy atom. The van der Waals surface area contributed by atoms with Crippen molar-refractivity contribution in [2.75, 3.05) is 36.0 Å². The number of hydrogen-bond acceptors (Lipinski definition) is 6. The van der Waals surface area contributed by atoms with Crippen LogP contribution in [0.1, 0.15) is 29.4 Å². The highest BCUT2D eigenvalue weighted by Crippen LogP contribution is 2.32. The minimum absolute atomic E-state index is 0.00779. The Labute approximate surface area is 203 Å². The van der Waals surface area contributed by atoms with Gasteiger partial charge in [0, 0.05) is 56.6 Å². The molecule has 1 atom stereocenters. The summed E-state index contributed by atoms with van der Waals surface area (Å²) in [6.07, 6.45) is 2.69. The van der Waals surface area contributed by atoms with Crippen molar-refractivity contribution in [2.24, 2.45) is 0 Å². The third-order valence-electron chi connectivity index (χ3n) is 6.65. The van der Waals surface area contributed by atoms with Crippen molar-refractivity contribution < 1.29 is 9.59 Å². The molecule has 0 bridgehead atoms. The van der Waals surface area contributed by atoms with Crippen molar-refractivity contribution in [3.8, 4) is 0 Å². The smallest absolute Gasteiger partial charge is 0.278 e. The molecule has 4 heterocycles. The summed E-state index contributed by atoms with van der Waals surface area (Å²) >= 11 is 0. The molecule has 2 amide bonds. The Hall–Kier alpha value is -4.01. The van der Waals surface area contributed by atoms with Crippen LogP contribution in [0.3, 0.4) is 0 Å². The topological polar surface area (TPSA) is 91.6 Å². The second-order valence-electron chi connectivity index (χ2n) is 8.94. The molecule has 0 aliphatic carbocycles. The van der Waals surface area contributed by atoms with Crippen LogP contribution in [0.25, 0.3) is 0 Å². The van der Waals surface area contributed by atoms with Gasteiger partial charge in [0.15, 0.2) is 0 Å². The third kappa shape index (κ3) is 4.66. The Morgan fingerprint density at radius 2 is 1.74 bits per heavy atom. The minimum Gasteiger partial charge on any atom is -0.353 e. The number of para-hydroxylation sites is 1. The maximum atomic E-state index is 13.3. The number of nitrogens with zero attached hydrogens (tertiary/aromatic N) is 6. The molecule has 0 radical (unpaired) electrons. The Balaban J connectivity index is 1.22. The molecule has 35 heavy (non-hydrogen) atoms. The largest absolute Gasteiger partial charge is 0.353 e. The van der Waals surface area contributed by atoms with Crippen molar-refractivity contribution in [1.29, 1.82) is 0 Å². The van der Waals surface area contributed by atoms with Gasteiger partial charge in [-0.15, -0.1) is 0 Å². The van der Waals surface area contributed by atoms with E-state index in [1.165, 1.54) is 16.8 Å². The van der Waals surface area contributed by atoms with Crippen LogP contribution in [0.5, 0.6) is 0 Å². The van der Waals surface area contributed by atoms with Crippen molar-refractivity contribution in [2.45, 2.75) is 32.4 Å². The van der Waals surface area contributed by atoms with Crippen LogP contribution >= 0.6 is 0 Å². The van der Waals surface area contributed by atoms with Gasteiger partial charge in [0.2, 0.25) is 5.91 Å². The fourth-order valence-electron chi connectivity index (χ4n) is 4.81. The molecule has 9 nitrogen and oxygen atoms in total. The lowest BCUT2D eigenvalue weighted by Gasteiger charge is -2.35. The van der Waals surface area contributed by atoms with Crippen LogP contribution in [-0.2, 0) is 17.8 Å². The summed E-state index contributed by atoms with van der Waals surface area (Å²) in [6, 6.07) is 16.4. The molecule has 0 spiro atoms. The lowest BCUT2D eigenvalue weighted by atomic mass is 10.1. The highest BCUT2D eigenvalue weighted by Gasteiger charge is 2.32. The molecule has 2 aromatic heterocycles. The van der Waals surface area contributed by atoms with Gasteiger partial charge < -0.3 is 14.7 Å². The fourth-order valence-corrected chi connectivity index (χ4v) is 4.81. The zero-order valence-corrected chi connectivity index (χ0v) is 19.7. The molecular weight excluding hydrogens is 444 g/mol. The number of aryl methyl sites for hydroxylation is 1. The van der Waals surface area contributed by atoms with Gasteiger partial charge in [-0.3, -0.25) is 14.4 Å². The first-order chi connectivity index (χ1) is 17.0.